The number of thiazole rings is 1. The quantitative estimate of drug-likeness (QED) is 0.578. The van der Waals surface area contributed by atoms with Gasteiger partial charge in [-0.25, -0.2) is 4.98 Å². The summed E-state index contributed by atoms with van der Waals surface area (Å²) in [6, 6.07) is 14.6. The van der Waals surface area contributed by atoms with Gasteiger partial charge in [-0.15, -0.1) is 11.3 Å². The summed E-state index contributed by atoms with van der Waals surface area (Å²) in [7, 11) is 2.16. The molecule has 1 fully saturated rings. The van der Waals surface area contributed by atoms with Crippen molar-refractivity contribution in [3.05, 3.63) is 69.7 Å². The van der Waals surface area contributed by atoms with Crippen molar-refractivity contribution in [2.75, 3.05) is 49.6 Å². The molecule has 2 aliphatic rings. The van der Waals surface area contributed by atoms with Gasteiger partial charge in [0.25, 0.3) is 0 Å². The first-order valence-electron chi connectivity index (χ1n) is 11.3. The third-order valence-corrected chi connectivity index (χ3v) is 7.51. The smallest absolute Gasteiger partial charge is 0.139 e. The van der Waals surface area contributed by atoms with Crippen molar-refractivity contribution < 1.29 is 5.11 Å². The Morgan fingerprint density at radius 3 is 2.33 bits per heavy atom. The summed E-state index contributed by atoms with van der Waals surface area (Å²) in [6.45, 7) is 8.67. The van der Waals surface area contributed by atoms with Crippen LogP contribution in [0.4, 0.5) is 11.4 Å². The van der Waals surface area contributed by atoms with Crippen molar-refractivity contribution in [1.82, 2.24) is 9.88 Å². The molecule has 0 unspecified atom stereocenters. The highest BCUT2D eigenvalue weighted by Gasteiger charge is 2.31. The monoisotopic (exact) mass is 459 g/mol. The number of likely N-dealkylation sites (N-methyl/N-ethyl adjacent to an activating group) is 1. The Labute approximate surface area is 198 Å². The number of hydrogen-bond acceptors (Lipinski definition) is 6. The normalized spacial score (nSPS) is 17.4. The second kappa shape index (κ2) is 8.65. The molecule has 3 heterocycles. The Morgan fingerprint density at radius 2 is 1.64 bits per heavy atom. The van der Waals surface area contributed by atoms with Crippen molar-refractivity contribution in [3.63, 3.8) is 0 Å². The van der Waals surface area contributed by atoms with Crippen LogP contribution in [0.15, 0.2) is 53.6 Å². The summed E-state index contributed by atoms with van der Waals surface area (Å²) in [5, 5.41) is 22.2. The Hall–Kier alpha value is -3.16. The van der Waals surface area contributed by atoms with E-state index in [1.165, 1.54) is 28.2 Å². The predicted octanol–water partition coefficient (Wildman–Crippen LogP) is 4.95. The molecule has 33 heavy (non-hydrogen) atoms. The average Bonchev–Trinajstić information content (AvgIpc) is 3.40. The molecule has 0 radical (unpaired) electrons. The summed E-state index contributed by atoms with van der Waals surface area (Å²) in [5.41, 5.74) is 7.05. The lowest BCUT2D eigenvalue weighted by molar-refractivity contribution is 0.313. The third-order valence-electron chi connectivity index (χ3n) is 6.65. The van der Waals surface area contributed by atoms with Gasteiger partial charge in [0, 0.05) is 48.5 Å². The predicted molar refractivity (Wildman–Crippen MR) is 138 cm³/mol. The largest absolute Gasteiger partial charge is 0.510 e. The van der Waals surface area contributed by atoms with E-state index in [1.807, 2.05) is 22.4 Å². The van der Waals surface area contributed by atoms with Gasteiger partial charge < -0.3 is 19.8 Å². The highest BCUT2D eigenvalue weighted by Crippen LogP contribution is 2.35. The van der Waals surface area contributed by atoms with E-state index in [-0.39, 0.29) is 5.76 Å². The molecule has 2 N–H and O–H groups in total. The van der Waals surface area contributed by atoms with E-state index in [0.717, 1.165) is 43.1 Å². The number of rotatable bonds is 4. The molecular weight excluding hydrogens is 430 g/mol. The molecule has 0 bridgehead atoms. The lowest BCUT2D eigenvalue weighted by Gasteiger charge is -2.34. The molecule has 0 saturated carbocycles. The number of amidine groups is 1. The van der Waals surface area contributed by atoms with Gasteiger partial charge in [0.15, 0.2) is 0 Å². The minimum Gasteiger partial charge on any atom is -0.510 e. The van der Waals surface area contributed by atoms with E-state index in [1.54, 1.807) is 0 Å². The lowest BCUT2D eigenvalue weighted by Crippen LogP contribution is -2.44. The first-order chi connectivity index (χ1) is 15.9. The summed E-state index contributed by atoms with van der Waals surface area (Å²) in [6.07, 6.45) is 0. The summed E-state index contributed by atoms with van der Waals surface area (Å²) in [4.78, 5) is 11.3. The number of aliphatic hydroxyl groups is 1. The molecule has 0 aliphatic carbocycles. The summed E-state index contributed by atoms with van der Waals surface area (Å²) >= 11 is 1.47. The van der Waals surface area contributed by atoms with Crippen molar-refractivity contribution in [1.29, 1.82) is 5.41 Å². The fourth-order valence-corrected chi connectivity index (χ4v) is 5.25. The molecule has 3 aromatic rings. The van der Waals surface area contributed by atoms with Crippen molar-refractivity contribution >= 4 is 34.1 Å². The third kappa shape index (κ3) is 4.14. The summed E-state index contributed by atoms with van der Waals surface area (Å²) in [5.74, 6) is 0.491. The van der Waals surface area contributed by atoms with Crippen molar-refractivity contribution in [2.45, 2.75) is 13.8 Å². The van der Waals surface area contributed by atoms with E-state index in [0.29, 0.717) is 23.0 Å². The Balaban J connectivity index is 1.34. The second-order valence-corrected chi connectivity index (χ2v) is 9.76. The minimum absolute atomic E-state index is 0.198. The number of nitrogens with one attached hydrogen (secondary N) is 1. The Morgan fingerprint density at radius 1 is 0.939 bits per heavy atom. The number of aromatic nitrogens is 1. The van der Waals surface area contributed by atoms with Gasteiger partial charge in [0.1, 0.15) is 16.6 Å². The lowest BCUT2D eigenvalue weighted by atomic mass is 10.1. The van der Waals surface area contributed by atoms with Gasteiger partial charge in [0.2, 0.25) is 0 Å². The molecule has 7 heteroatoms. The topological polar surface area (TPSA) is 66.7 Å². The molecule has 170 valence electrons. The van der Waals surface area contributed by atoms with E-state index < -0.39 is 0 Å². The molecule has 0 amide bonds. The average molecular weight is 460 g/mol. The van der Waals surface area contributed by atoms with Gasteiger partial charge in [-0.05, 0) is 62.4 Å². The number of aryl methyl sites for hydroxylation is 2. The van der Waals surface area contributed by atoms with Crippen LogP contribution in [0.3, 0.4) is 0 Å². The SMILES string of the molecule is Cc1ccc(-c2csc(C3=C(O)CN(c4ccc(N5CCN(C)CC5)cc4)C3=N)n2)cc1C. The number of aliphatic hydroxyl groups excluding tert-OH is 1. The number of benzene rings is 2. The first kappa shape index (κ1) is 21.7. The van der Waals surface area contributed by atoms with Crippen LogP contribution in [0.2, 0.25) is 0 Å². The zero-order valence-electron chi connectivity index (χ0n) is 19.3. The molecule has 5 rings (SSSR count). The van der Waals surface area contributed by atoms with Crippen LogP contribution >= 0.6 is 11.3 Å². The van der Waals surface area contributed by atoms with Gasteiger partial charge in [-0.1, -0.05) is 12.1 Å². The first-order valence-corrected chi connectivity index (χ1v) is 12.1. The molecule has 1 aromatic heterocycles. The van der Waals surface area contributed by atoms with Gasteiger partial charge in [0.05, 0.1) is 17.8 Å². The van der Waals surface area contributed by atoms with Gasteiger partial charge in [-0.3, -0.25) is 5.41 Å². The maximum atomic E-state index is 10.7. The molecule has 0 atom stereocenters. The van der Waals surface area contributed by atoms with Crippen LogP contribution in [0.25, 0.3) is 16.8 Å². The molecular formula is C26H29N5OS. The van der Waals surface area contributed by atoms with E-state index >= 15 is 0 Å². The summed E-state index contributed by atoms with van der Waals surface area (Å²) < 4.78 is 0. The Kier molecular flexibility index (Phi) is 5.68. The number of piperazine rings is 1. The van der Waals surface area contributed by atoms with E-state index in [4.69, 9.17) is 10.4 Å². The maximum Gasteiger partial charge on any atom is 0.139 e. The van der Waals surface area contributed by atoms with E-state index in [2.05, 4.69) is 61.0 Å². The van der Waals surface area contributed by atoms with Crippen LogP contribution in [-0.4, -0.2) is 60.6 Å². The fraction of sp³-hybridized carbons (Fsp3) is 0.308. The van der Waals surface area contributed by atoms with Crippen LogP contribution < -0.4 is 9.80 Å². The highest BCUT2D eigenvalue weighted by atomic mass is 32.1. The molecule has 2 aliphatic heterocycles. The standard InChI is InChI=1S/C26H29N5OS/c1-17-4-5-19(14-18(17)2)22-16-33-26(28-22)24-23(32)15-31(25(24)27)21-8-6-20(7-9-21)30-12-10-29(3)11-13-30/h4-9,14,16,27,32H,10-13,15H2,1-3H3. The highest BCUT2D eigenvalue weighted by molar-refractivity contribution is 7.11. The molecule has 2 aromatic carbocycles. The van der Waals surface area contributed by atoms with Crippen molar-refractivity contribution in [2.24, 2.45) is 0 Å². The number of hydrogen-bond donors (Lipinski definition) is 2. The second-order valence-electron chi connectivity index (χ2n) is 8.90. The molecule has 6 nitrogen and oxygen atoms in total. The zero-order chi connectivity index (χ0) is 23.1. The van der Waals surface area contributed by atoms with Crippen LogP contribution in [0.5, 0.6) is 0 Å². The van der Waals surface area contributed by atoms with Crippen LogP contribution in [0.1, 0.15) is 16.1 Å². The van der Waals surface area contributed by atoms with Gasteiger partial charge >= 0.3 is 0 Å². The fourth-order valence-electron chi connectivity index (χ4n) is 4.35. The van der Waals surface area contributed by atoms with Crippen LogP contribution in [0, 0.1) is 19.3 Å². The van der Waals surface area contributed by atoms with Gasteiger partial charge in [-0.2, -0.15) is 0 Å². The minimum atomic E-state index is 0.198. The number of nitrogens with zero attached hydrogens (tertiary/aromatic N) is 4. The molecule has 1 saturated heterocycles. The van der Waals surface area contributed by atoms with E-state index in [9.17, 15) is 5.11 Å². The Bertz CT molecular complexity index is 1220. The van der Waals surface area contributed by atoms with Crippen molar-refractivity contribution in [3.8, 4) is 11.3 Å². The maximum absolute atomic E-state index is 10.7. The number of anilines is 2. The molecule has 0 spiro atoms. The zero-order valence-corrected chi connectivity index (χ0v) is 20.1. The van der Waals surface area contributed by atoms with Crippen LogP contribution in [-0.2, 0) is 0 Å².